The van der Waals surface area contributed by atoms with E-state index in [9.17, 15) is 4.79 Å². The van der Waals surface area contributed by atoms with Gasteiger partial charge in [0.1, 0.15) is 5.82 Å². The van der Waals surface area contributed by atoms with Crippen molar-refractivity contribution in [2.24, 2.45) is 0 Å². The molecule has 8 heteroatoms. The molecule has 0 saturated heterocycles. The first-order chi connectivity index (χ1) is 9.92. The highest BCUT2D eigenvalue weighted by atomic mass is 79.9. The van der Waals surface area contributed by atoms with E-state index in [4.69, 9.17) is 16.3 Å². The van der Waals surface area contributed by atoms with Gasteiger partial charge in [0.05, 0.1) is 17.3 Å². The van der Waals surface area contributed by atoms with E-state index in [1.165, 1.54) is 7.11 Å². The molecule has 21 heavy (non-hydrogen) atoms. The van der Waals surface area contributed by atoms with E-state index < -0.39 is 5.91 Å². The summed E-state index contributed by atoms with van der Waals surface area (Å²) >= 11 is 9.31. The Balaban J connectivity index is 2.26. The minimum Gasteiger partial charge on any atom is -0.493 e. The second kappa shape index (κ2) is 6.44. The van der Waals surface area contributed by atoms with Crippen LogP contribution in [0.1, 0.15) is 36.2 Å². The summed E-state index contributed by atoms with van der Waals surface area (Å²) in [6.07, 6.45) is 0. The SMILES string of the molecule is COc1c(Br)cc(Cl)cc1NC(=O)c1n[nH]c(C(C)C)n1. The maximum Gasteiger partial charge on any atom is 0.295 e. The summed E-state index contributed by atoms with van der Waals surface area (Å²) in [5.41, 5.74) is 0.442. The highest BCUT2D eigenvalue weighted by Gasteiger charge is 2.17. The molecule has 0 aliphatic rings. The number of carbonyl (C=O) groups excluding carboxylic acids is 1. The van der Waals surface area contributed by atoms with Gasteiger partial charge in [0.25, 0.3) is 5.91 Å². The van der Waals surface area contributed by atoms with Crippen molar-refractivity contribution in [3.05, 3.63) is 33.3 Å². The molecular weight excluding hydrogens is 360 g/mol. The number of benzene rings is 1. The fraction of sp³-hybridized carbons (Fsp3) is 0.308. The first kappa shape index (κ1) is 15.8. The first-order valence-corrected chi connectivity index (χ1v) is 7.36. The number of nitrogens with one attached hydrogen (secondary N) is 2. The molecule has 0 saturated carbocycles. The van der Waals surface area contributed by atoms with Gasteiger partial charge in [-0.3, -0.25) is 9.89 Å². The predicted octanol–water partition coefficient (Wildman–Crippen LogP) is 3.60. The Morgan fingerprint density at radius 3 is 2.76 bits per heavy atom. The van der Waals surface area contributed by atoms with Crippen molar-refractivity contribution >= 4 is 39.1 Å². The highest BCUT2D eigenvalue weighted by molar-refractivity contribution is 9.10. The molecule has 0 aliphatic carbocycles. The molecule has 6 nitrogen and oxygen atoms in total. The monoisotopic (exact) mass is 372 g/mol. The largest absolute Gasteiger partial charge is 0.493 e. The number of aromatic nitrogens is 3. The van der Waals surface area contributed by atoms with Crippen LogP contribution in [0.2, 0.25) is 5.02 Å². The van der Waals surface area contributed by atoms with Crippen LogP contribution < -0.4 is 10.1 Å². The summed E-state index contributed by atoms with van der Waals surface area (Å²) in [5.74, 6) is 0.920. The molecule has 2 rings (SSSR count). The van der Waals surface area contributed by atoms with Gasteiger partial charge in [-0.05, 0) is 28.1 Å². The van der Waals surface area contributed by atoms with Gasteiger partial charge in [-0.2, -0.15) is 0 Å². The third-order valence-electron chi connectivity index (χ3n) is 2.71. The number of carbonyl (C=O) groups is 1. The molecule has 0 bridgehead atoms. The number of rotatable bonds is 4. The van der Waals surface area contributed by atoms with Gasteiger partial charge >= 0.3 is 0 Å². The zero-order valence-electron chi connectivity index (χ0n) is 11.7. The summed E-state index contributed by atoms with van der Waals surface area (Å²) in [5, 5.41) is 9.79. The van der Waals surface area contributed by atoms with E-state index in [-0.39, 0.29) is 11.7 Å². The van der Waals surface area contributed by atoms with Crippen molar-refractivity contribution in [3.8, 4) is 5.75 Å². The van der Waals surface area contributed by atoms with Crippen molar-refractivity contribution < 1.29 is 9.53 Å². The molecule has 1 amide bonds. The normalized spacial score (nSPS) is 10.8. The Kier molecular flexibility index (Phi) is 4.84. The van der Waals surface area contributed by atoms with Crippen LogP contribution in [0.25, 0.3) is 0 Å². The number of hydrogen-bond donors (Lipinski definition) is 2. The van der Waals surface area contributed by atoms with E-state index in [1.54, 1.807) is 12.1 Å². The van der Waals surface area contributed by atoms with Crippen molar-refractivity contribution in [3.63, 3.8) is 0 Å². The van der Waals surface area contributed by atoms with E-state index in [2.05, 4.69) is 36.4 Å². The number of nitrogens with zero attached hydrogens (tertiary/aromatic N) is 2. The van der Waals surface area contributed by atoms with E-state index >= 15 is 0 Å². The van der Waals surface area contributed by atoms with Crippen LogP contribution in [0.5, 0.6) is 5.75 Å². The van der Waals surface area contributed by atoms with Crippen molar-refractivity contribution in [2.45, 2.75) is 19.8 Å². The molecule has 112 valence electrons. The lowest BCUT2D eigenvalue weighted by Crippen LogP contribution is -2.14. The van der Waals surface area contributed by atoms with Gasteiger partial charge in [0, 0.05) is 10.9 Å². The number of anilines is 1. The molecule has 0 aliphatic heterocycles. The minimum atomic E-state index is -0.439. The van der Waals surface area contributed by atoms with Gasteiger partial charge in [-0.25, -0.2) is 4.98 Å². The second-order valence-electron chi connectivity index (χ2n) is 4.62. The van der Waals surface area contributed by atoms with E-state index in [0.29, 0.717) is 26.8 Å². The van der Waals surface area contributed by atoms with Crippen LogP contribution in [0.15, 0.2) is 16.6 Å². The average Bonchev–Trinajstić information content (AvgIpc) is 2.88. The molecule has 0 fully saturated rings. The molecule has 0 unspecified atom stereocenters. The number of aromatic amines is 1. The average molecular weight is 374 g/mol. The lowest BCUT2D eigenvalue weighted by molar-refractivity contribution is 0.101. The molecule has 2 N–H and O–H groups in total. The summed E-state index contributed by atoms with van der Waals surface area (Å²) < 4.78 is 5.89. The Labute approximate surface area is 135 Å². The lowest BCUT2D eigenvalue weighted by Gasteiger charge is -2.11. The van der Waals surface area contributed by atoms with Crippen LogP contribution in [0.3, 0.4) is 0 Å². The first-order valence-electron chi connectivity index (χ1n) is 6.19. The van der Waals surface area contributed by atoms with Gasteiger partial charge < -0.3 is 10.1 Å². The van der Waals surface area contributed by atoms with Crippen molar-refractivity contribution in [2.75, 3.05) is 12.4 Å². The molecule has 1 heterocycles. The second-order valence-corrected chi connectivity index (χ2v) is 5.91. The zero-order valence-corrected chi connectivity index (χ0v) is 14.0. The maximum absolute atomic E-state index is 12.2. The van der Waals surface area contributed by atoms with Crippen LogP contribution in [0.4, 0.5) is 5.69 Å². The number of H-pyrrole nitrogens is 1. The van der Waals surface area contributed by atoms with Crippen LogP contribution in [-0.4, -0.2) is 28.2 Å². The number of halogens is 2. The van der Waals surface area contributed by atoms with Crippen LogP contribution >= 0.6 is 27.5 Å². The highest BCUT2D eigenvalue weighted by Crippen LogP contribution is 2.36. The Morgan fingerprint density at radius 1 is 1.48 bits per heavy atom. The molecule has 0 atom stereocenters. The number of amides is 1. The van der Waals surface area contributed by atoms with Crippen LogP contribution in [-0.2, 0) is 0 Å². The van der Waals surface area contributed by atoms with Gasteiger partial charge in [-0.15, -0.1) is 5.10 Å². The summed E-state index contributed by atoms with van der Waals surface area (Å²) in [6.45, 7) is 3.92. The Hall–Kier alpha value is -1.60. The van der Waals surface area contributed by atoms with Crippen LogP contribution in [0, 0.1) is 0 Å². The third kappa shape index (κ3) is 3.54. The number of hydrogen-bond acceptors (Lipinski definition) is 4. The topological polar surface area (TPSA) is 79.9 Å². The third-order valence-corrected chi connectivity index (χ3v) is 3.52. The van der Waals surface area contributed by atoms with Crippen molar-refractivity contribution in [1.82, 2.24) is 15.2 Å². The smallest absolute Gasteiger partial charge is 0.295 e. The van der Waals surface area contributed by atoms with E-state index in [1.807, 2.05) is 13.8 Å². The van der Waals surface area contributed by atoms with Crippen molar-refractivity contribution in [1.29, 1.82) is 0 Å². The predicted molar refractivity (Wildman–Crippen MR) is 84.1 cm³/mol. The van der Waals surface area contributed by atoms with Gasteiger partial charge in [0.15, 0.2) is 5.75 Å². The Morgan fingerprint density at radius 2 is 2.19 bits per heavy atom. The molecule has 1 aromatic heterocycles. The minimum absolute atomic E-state index is 0.0665. The quantitative estimate of drug-likeness (QED) is 0.858. The van der Waals surface area contributed by atoms with E-state index in [0.717, 1.165) is 0 Å². The standard InChI is InChI=1S/C13H14BrClN4O2/c1-6(2)11-17-12(19-18-11)13(20)16-9-5-7(15)4-8(14)10(9)21-3/h4-6H,1-3H3,(H,16,20)(H,17,18,19). The molecule has 1 aromatic carbocycles. The number of ether oxygens (including phenoxy) is 1. The fourth-order valence-electron chi connectivity index (χ4n) is 1.67. The summed E-state index contributed by atoms with van der Waals surface area (Å²) in [4.78, 5) is 16.3. The van der Waals surface area contributed by atoms with Gasteiger partial charge in [0.2, 0.25) is 5.82 Å². The molecule has 2 aromatic rings. The summed E-state index contributed by atoms with van der Waals surface area (Å²) in [6, 6.07) is 3.28. The lowest BCUT2D eigenvalue weighted by atomic mass is 10.2. The fourth-order valence-corrected chi connectivity index (χ4v) is 2.65. The zero-order chi connectivity index (χ0) is 15.6. The summed E-state index contributed by atoms with van der Waals surface area (Å²) in [7, 11) is 1.51. The molecular formula is C13H14BrClN4O2. The Bertz CT molecular complexity index is 672. The molecule has 0 spiro atoms. The number of methoxy groups -OCH3 is 1. The molecule has 0 radical (unpaired) electrons. The van der Waals surface area contributed by atoms with Gasteiger partial charge in [-0.1, -0.05) is 25.4 Å². The maximum atomic E-state index is 12.2.